The lowest BCUT2D eigenvalue weighted by atomic mass is 9.74. The molecule has 3 atom stereocenters. The molecule has 0 spiro atoms. The van der Waals surface area contributed by atoms with Crippen molar-refractivity contribution in [3.63, 3.8) is 0 Å². The summed E-state index contributed by atoms with van der Waals surface area (Å²) in [5.41, 5.74) is 1.45. The minimum absolute atomic E-state index is 0.0407. The highest BCUT2D eigenvalue weighted by molar-refractivity contribution is 7.12. The van der Waals surface area contributed by atoms with Gasteiger partial charge in [0.1, 0.15) is 11.4 Å². The van der Waals surface area contributed by atoms with E-state index in [0.29, 0.717) is 23.9 Å². The van der Waals surface area contributed by atoms with E-state index >= 15 is 0 Å². The maximum Gasteiger partial charge on any atom is 0.252 e. The first-order valence-electron chi connectivity index (χ1n) is 8.37. The van der Waals surface area contributed by atoms with Gasteiger partial charge < -0.3 is 15.0 Å². The summed E-state index contributed by atoms with van der Waals surface area (Å²) < 4.78 is 9.20. The number of nitrogens with one attached hydrogen (secondary N) is 1. The summed E-state index contributed by atoms with van der Waals surface area (Å²) in [7, 11) is 1.53. The van der Waals surface area contributed by atoms with Crippen molar-refractivity contribution in [2.75, 3.05) is 26.8 Å². The maximum atomic E-state index is 12.4. The minimum atomic E-state index is -0.124. The Morgan fingerprint density at radius 3 is 3.12 bits per heavy atom. The lowest BCUT2D eigenvalue weighted by Gasteiger charge is -2.36. The highest BCUT2D eigenvalue weighted by atomic mass is 32.1. The summed E-state index contributed by atoms with van der Waals surface area (Å²) in [5, 5.41) is 3.93. The number of ether oxygens (including phenoxy) is 1. The predicted molar refractivity (Wildman–Crippen MR) is 93.5 cm³/mol. The molecule has 5 rings (SSSR count). The van der Waals surface area contributed by atoms with Crippen LogP contribution in [-0.4, -0.2) is 58.9 Å². The van der Waals surface area contributed by atoms with Crippen LogP contribution < -0.4 is 5.32 Å². The van der Waals surface area contributed by atoms with Gasteiger partial charge in [-0.2, -0.15) is 4.37 Å². The number of aryl methyl sites for hydroxylation is 1. The molecule has 1 aliphatic carbocycles. The van der Waals surface area contributed by atoms with Crippen LogP contribution in [-0.2, 0) is 9.53 Å². The van der Waals surface area contributed by atoms with Gasteiger partial charge in [-0.25, -0.2) is 4.98 Å². The SMILES string of the molecule is COCC(=O)N1C[C@@H]2C[C@H]1[C@@H]2CNC(=O)c1cnc2snc(C)c2c1. The molecule has 2 saturated heterocycles. The van der Waals surface area contributed by atoms with Crippen molar-refractivity contribution in [3.8, 4) is 0 Å². The third kappa shape index (κ3) is 2.79. The zero-order valence-electron chi connectivity index (χ0n) is 14.2. The molecule has 0 aromatic carbocycles. The molecule has 7 nitrogen and oxygen atoms in total. The van der Waals surface area contributed by atoms with E-state index in [-0.39, 0.29) is 24.5 Å². The van der Waals surface area contributed by atoms with Gasteiger partial charge in [0.25, 0.3) is 5.91 Å². The van der Waals surface area contributed by atoms with Gasteiger partial charge in [-0.3, -0.25) is 9.59 Å². The number of nitrogens with zero attached hydrogens (tertiary/aromatic N) is 3. The second kappa shape index (κ2) is 6.34. The van der Waals surface area contributed by atoms with E-state index in [2.05, 4.69) is 14.7 Å². The highest BCUT2D eigenvalue weighted by Gasteiger charge is 2.53. The topological polar surface area (TPSA) is 84.4 Å². The first-order chi connectivity index (χ1) is 12.1. The Bertz CT molecular complexity index is 836. The van der Waals surface area contributed by atoms with Crippen LogP contribution in [0, 0.1) is 18.8 Å². The first-order valence-corrected chi connectivity index (χ1v) is 9.14. The fourth-order valence-corrected chi connectivity index (χ4v) is 4.64. The minimum Gasteiger partial charge on any atom is -0.375 e. The van der Waals surface area contributed by atoms with E-state index in [1.54, 1.807) is 6.20 Å². The summed E-state index contributed by atoms with van der Waals surface area (Å²) in [6.07, 6.45) is 2.63. The number of methoxy groups -OCH3 is 1. The van der Waals surface area contributed by atoms with Gasteiger partial charge in [-0.05, 0) is 36.9 Å². The van der Waals surface area contributed by atoms with Crippen LogP contribution >= 0.6 is 11.5 Å². The van der Waals surface area contributed by atoms with E-state index in [9.17, 15) is 9.59 Å². The molecule has 2 aromatic heterocycles. The summed E-state index contributed by atoms with van der Waals surface area (Å²) in [4.78, 5) is 31.5. The summed E-state index contributed by atoms with van der Waals surface area (Å²) >= 11 is 1.34. The Labute approximate surface area is 149 Å². The lowest BCUT2D eigenvalue weighted by molar-refractivity contribution is -0.135. The van der Waals surface area contributed by atoms with E-state index in [1.807, 2.05) is 17.9 Å². The molecule has 0 unspecified atom stereocenters. The van der Waals surface area contributed by atoms with Crippen LogP contribution in [0.5, 0.6) is 0 Å². The highest BCUT2D eigenvalue weighted by Crippen LogP contribution is 2.45. The van der Waals surface area contributed by atoms with Crippen molar-refractivity contribution < 1.29 is 14.3 Å². The third-order valence-electron chi connectivity index (χ3n) is 5.33. The quantitative estimate of drug-likeness (QED) is 0.867. The zero-order valence-corrected chi connectivity index (χ0v) is 15.0. The zero-order chi connectivity index (χ0) is 17.6. The van der Waals surface area contributed by atoms with Gasteiger partial charge in [-0.1, -0.05) is 0 Å². The van der Waals surface area contributed by atoms with Crippen molar-refractivity contribution >= 4 is 33.6 Å². The molecule has 132 valence electrons. The largest absolute Gasteiger partial charge is 0.375 e. The normalized spacial score (nSPS) is 24.4. The van der Waals surface area contributed by atoms with Crippen LogP contribution in [0.1, 0.15) is 22.5 Å². The molecule has 25 heavy (non-hydrogen) atoms. The molecule has 3 fully saturated rings. The Morgan fingerprint density at radius 1 is 1.48 bits per heavy atom. The van der Waals surface area contributed by atoms with Crippen molar-refractivity contribution in [1.29, 1.82) is 0 Å². The molecular weight excluding hydrogens is 340 g/mol. The average molecular weight is 360 g/mol. The lowest BCUT2D eigenvalue weighted by Crippen LogP contribution is -2.47. The maximum absolute atomic E-state index is 12.4. The smallest absolute Gasteiger partial charge is 0.252 e. The second-order valence-corrected chi connectivity index (χ2v) is 7.51. The summed E-state index contributed by atoms with van der Waals surface area (Å²) in [5.74, 6) is 0.737. The fourth-order valence-electron chi connectivity index (χ4n) is 3.91. The molecule has 3 aliphatic rings. The Balaban J connectivity index is 1.38. The average Bonchev–Trinajstić information content (AvgIpc) is 3.28. The second-order valence-electron chi connectivity index (χ2n) is 6.76. The molecule has 4 heterocycles. The van der Waals surface area contributed by atoms with Gasteiger partial charge in [-0.15, -0.1) is 0 Å². The van der Waals surface area contributed by atoms with Crippen LogP contribution in [0.3, 0.4) is 0 Å². The number of amides is 2. The molecule has 2 bridgehead atoms. The van der Waals surface area contributed by atoms with Crippen LogP contribution in [0.15, 0.2) is 12.3 Å². The molecule has 2 aromatic rings. The van der Waals surface area contributed by atoms with Crippen LogP contribution in [0.2, 0.25) is 0 Å². The molecular formula is C17H20N4O3S. The molecule has 8 heteroatoms. The van der Waals surface area contributed by atoms with Gasteiger partial charge in [0.05, 0.1) is 11.3 Å². The monoisotopic (exact) mass is 360 g/mol. The molecule has 2 aliphatic heterocycles. The number of fused-ring (bicyclic) bond motifs is 2. The number of hydrogen-bond acceptors (Lipinski definition) is 6. The van der Waals surface area contributed by atoms with Gasteiger partial charge in [0, 0.05) is 43.7 Å². The van der Waals surface area contributed by atoms with Crippen LogP contribution in [0.4, 0.5) is 0 Å². The Morgan fingerprint density at radius 2 is 2.32 bits per heavy atom. The van der Waals surface area contributed by atoms with Crippen molar-refractivity contribution in [1.82, 2.24) is 19.6 Å². The molecule has 2 amide bonds. The van der Waals surface area contributed by atoms with E-state index in [1.165, 1.54) is 18.6 Å². The number of carbonyl (C=O) groups excluding carboxylic acids is 2. The number of carbonyl (C=O) groups is 2. The summed E-state index contributed by atoms with van der Waals surface area (Å²) in [6.45, 7) is 3.41. The predicted octanol–water partition coefficient (Wildman–Crippen LogP) is 1.22. The van der Waals surface area contributed by atoms with Crippen molar-refractivity contribution in [3.05, 3.63) is 23.5 Å². The van der Waals surface area contributed by atoms with E-state index in [4.69, 9.17) is 4.74 Å². The third-order valence-corrected chi connectivity index (χ3v) is 6.20. The van der Waals surface area contributed by atoms with Gasteiger partial charge in [0.2, 0.25) is 5.91 Å². The van der Waals surface area contributed by atoms with E-state index < -0.39 is 0 Å². The molecule has 1 saturated carbocycles. The van der Waals surface area contributed by atoms with Gasteiger partial charge in [0.15, 0.2) is 0 Å². The number of rotatable bonds is 5. The van der Waals surface area contributed by atoms with Crippen molar-refractivity contribution in [2.24, 2.45) is 11.8 Å². The van der Waals surface area contributed by atoms with Crippen molar-refractivity contribution in [2.45, 2.75) is 19.4 Å². The number of aromatic nitrogens is 2. The fraction of sp³-hybridized carbons (Fsp3) is 0.529. The number of pyridine rings is 1. The Hall–Kier alpha value is -2.06. The number of hydrogen-bond donors (Lipinski definition) is 1. The molecule has 0 radical (unpaired) electrons. The molecule has 1 N–H and O–H groups in total. The standard InChI is InChI=1S/C17H20N4O3S/c1-9-12-3-10(5-19-17(12)25-20-9)16(23)18-6-13-11-4-14(13)21(7-11)15(22)8-24-2/h3,5,11,13-14H,4,6-8H2,1-2H3,(H,18,23)/t11-,13+,14-/m0/s1. The Kier molecular flexibility index (Phi) is 4.16. The summed E-state index contributed by atoms with van der Waals surface area (Å²) in [6, 6.07) is 2.08. The first kappa shape index (κ1) is 16.4. The van der Waals surface area contributed by atoms with Crippen LogP contribution in [0.25, 0.3) is 10.2 Å². The van der Waals surface area contributed by atoms with E-state index in [0.717, 1.165) is 28.9 Å². The van der Waals surface area contributed by atoms with Gasteiger partial charge >= 0.3 is 0 Å².